The van der Waals surface area contributed by atoms with Crippen molar-refractivity contribution in [3.63, 3.8) is 0 Å². The first-order chi connectivity index (χ1) is 9.19. The lowest BCUT2D eigenvalue weighted by Crippen LogP contribution is -2.17. The first-order valence-corrected chi connectivity index (χ1v) is 9.87. The normalized spacial score (nSPS) is 10.7. The smallest absolute Gasteiger partial charge is 0.177 e. The summed E-state index contributed by atoms with van der Waals surface area (Å²) in [6.45, 7) is 4.40. The van der Waals surface area contributed by atoms with Crippen LogP contribution in [0.5, 0.6) is 0 Å². The Morgan fingerprint density at radius 2 is 1.79 bits per heavy atom. The Hall–Kier alpha value is 0.500. The molecule has 1 aromatic heterocycles. The zero-order valence-electron chi connectivity index (χ0n) is 11.2. The first kappa shape index (κ1) is 17.6. The lowest BCUT2D eigenvalue weighted by Gasteiger charge is -2.20. The second kappa shape index (κ2) is 10.3. The highest BCUT2D eigenvalue weighted by Gasteiger charge is 2.17. The van der Waals surface area contributed by atoms with Crippen LogP contribution >= 0.6 is 60.1 Å². The van der Waals surface area contributed by atoms with Gasteiger partial charge in [0.25, 0.3) is 0 Å². The van der Waals surface area contributed by atoms with Gasteiger partial charge in [0.15, 0.2) is 14.3 Å². The van der Waals surface area contributed by atoms with Gasteiger partial charge in [-0.3, -0.25) is 0 Å². The van der Waals surface area contributed by atoms with Crippen molar-refractivity contribution in [2.45, 2.75) is 43.9 Å². The van der Waals surface area contributed by atoms with Crippen LogP contribution in [0.2, 0.25) is 0 Å². The van der Waals surface area contributed by atoms with Gasteiger partial charge < -0.3 is 0 Å². The number of nitrogens with zero attached hydrogens (tertiary/aromatic N) is 3. The lowest BCUT2D eigenvalue weighted by molar-refractivity contribution is 0.883. The van der Waals surface area contributed by atoms with Crippen LogP contribution in [0.1, 0.15) is 44.5 Å². The molecule has 108 valence electrons. The summed E-state index contributed by atoms with van der Waals surface area (Å²) in [4.78, 5) is 0.764. The Labute approximate surface area is 139 Å². The molecular weight excluding hydrogens is 334 g/mol. The highest BCUT2D eigenvalue weighted by atomic mass is 32.2. The van der Waals surface area contributed by atoms with Crippen molar-refractivity contribution in [3.05, 3.63) is 5.01 Å². The average molecular weight is 354 g/mol. The molecule has 8 heteroatoms. The van der Waals surface area contributed by atoms with Gasteiger partial charge in [0.1, 0.15) is 0 Å². The summed E-state index contributed by atoms with van der Waals surface area (Å²) in [7, 11) is 0. The molecule has 1 heterocycles. The molecule has 0 N–H and O–H groups in total. The summed E-state index contributed by atoms with van der Waals surface area (Å²) in [6, 6.07) is 0. The predicted molar refractivity (Wildman–Crippen MR) is 95.4 cm³/mol. The topological polar surface area (TPSA) is 29.0 Å². The zero-order valence-corrected chi connectivity index (χ0v) is 15.3. The summed E-state index contributed by atoms with van der Waals surface area (Å²) < 4.78 is 2.78. The maximum atomic E-state index is 5.51. The number of rotatable bonds is 9. The Kier molecular flexibility index (Phi) is 9.48. The standard InChI is InChI=1S/C11H19N3S5/c1-3-5-7-17-14(18-8-6-4-2)10(15)9-12-13-11(16)19-9/h3-8H2,1-2H3,(H,13,16). The van der Waals surface area contributed by atoms with Gasteiger partial charge in [-0.2, -0.15) is 0 Å². The fraction of sp³-hybridized carbons (Fsp3) is 0.727. The molecule has 0 bridgehead atoms. The van der Waals surface area contributed by atoms with E-state index in [1.54, 1.807) is 23.9 Å². The Bertz CT molecular complexity index is 372. The molecule has 19 heavy (non-hydrogen) atoms. The minimum Gasteiger partial charge on any atom is -0.245 e. The van der Waals surface area contributed by atoms with E-state index < -0.39 is 0 Å². The van der Waals surface area contributed by atoms with E-state index in [0.29, 0.717) is 4.34 Å². The molecule has 0 saturated carbocycles. The molecule has 0 aromatic carbocycles. The highest BCUT2D eigenvalue weighted by molar-refractivity contribution is 8.13. The molecule has 0 unspecified atom stereocenters. The van der Waals surface area contributed by atoms with Crippen molar-refractivity contribution in [2.24, 2.45) is 0 Å². The molecule has 0 aliphatic carbocycles. The van der Waals surface area contributed by atoms with E-state index in [4.69, 9.17) is 12.2 Å². The van der Waals surface area contributed by atoms with Crippen molar-refractivity contribution in [3.8, 4) is 0 Å². The lowest BCUT2D eigenvalue weighted by atomic mass is 10.4. The van der Waals surface area contributed by atoms with E-state index in [2.05, 4.69) is 40.4 Å². The van der Waals surface area contributed by atoms with Gasteiger partial charge in [-0.1, -0.05) is 50.2 Å². The molecule has 0 atom stereocenters. The second-order valence-electron chi connectivity index (χ2n) is 3.83. The summed E-state index contributed by atoms with van der Waals surface area (Å²) in [5.74, 6) is 2.17. The van der Waals surface area contributed by atoms with Gasteiger partial charge in [-0.15, -0.1) is 22.8 Å². The fourth-order valence-electron chi connectivity index (χ4n) is 1.12. The molecule has 3 nitrogen and oxygen atoms in total. The number of aromatic nitrogens is 2. The van der Waals surface area contributed by atoms with Gasteiger partial charge in [0, 0.05) is 11.5 Å². The van der Waals surface area contributed by atoms with E-state index in [1.165, 1.54) is 37.0 Å². The van der Waals surface area contributed by atoms with Crippen LogP contribution in [0.4, 0.5) is 0 Å². The van der Waals surface area contributed by atoms with Crippen LogP contribution in [0.3, 0.4) is 0 Å². The van der Waals surface area contributed by atoms with Gasteiger partial charge in [0.05, 0.1) is 0 Å². The van der Waals surface area contributed by atoms with Crippen LogP contribution in [0, 0.1) is 0 Å². The fourth-order valence-corrected chi connectivity index (χ4v) is 4.85. The SMILES string of the molecule is CCCCSN(SCCCC)C(=S)c1nnc(S)s1. The Morgan fingerprint density at radius 3 is 2.21 bits per heavy atom. The van der Waals surface area contributed by atoms with Gasteiger partial charge >= 0.3 is 0 Å². The molecule has 0 aliphatic heterocycles. The molecule has 1 aromatic rings. The Balaban J connectivity index is 2.57. The van der Waals surface area contributed by atoms with Crippen LogP contribution in [-0.2, 0) is 0 Å². The van der Waals surface area contributed by atoms with Crippen LogP contribution in [-0.4, -0.2) is 30.4 Å². The largest absolute Gasteiger partial charge is 0.245 e. The van der Waals surface area contributed by atoms with Crippen molar-refractivity contribution in [2.75, 3.05) is 11.5 Å². The second-order valence-corrected chi connectivity index (χ2v) is 8.21. The average Bonchev–Trinajstić information content (AvgIpc) is 2.83. The molecule has 0 aliphatic rings. The molecule has 0 saturated heterocycles. The number of unbranched alkanes of at least 4 members (excludes halogenated alkanes) is 2. The molecule has 0 amide bonds. The number of hydrogen-bond acceptors (Lipinski definition) is 7. The zero-order chi connectivity index (χ0) is 14.1. The Morgan fingerprint density at radius 1 is 1.21 bits per heavy atom. The number of hydrogen-bond donors (Lipinski definition) is 1. The summed E-state index contributed by atoms with van der Waals surface area (Å²) in [5.41, 5.74) is 0. The third-order valence-electron chi connectivity index (χ3n) is 2.18. The maximum Gasteiger partial charge on any atom is 0.177 e. The summed E-state index contributed by atoms with van der Waals surface area (Å²) >= 11 is 14.7. The van der Waals surface area contributed by atoms with E-state index in [9.17, 15) is 0 Å². The molecule has 0 spiro atoms. The first-order valence-electron chi connectivity index (χ1n) is 6.31. The van der Waals surface area contributed by atoms with Gasteiger partial charge in [-0.25, -0.2) is 3.71 Å². The summed E-state index contributed by atoms with van der Waals surface area (Å²) in [5, 5.41) is 8.77. The molecule has 0 radical (unpaired) electrons. The van der Waals surface area contributed by atoms with Crippen LogP contribution in [0.25, 0.3) is 0 Å². The van der Waals surface area contributed by atoms with E-state index in [1.807, 2.05) is 0 Å². The molecule has 0 fully saturated rings. The third-order valence-corrected chi connectivity index (χ3v) is 6.42. The van der Waals surface area contributed by atoms with Crippen LogP contribution < -0.4 is 0 Å². The predicted octanol–water partition coefficient (Wildman–Crippen LogP) is 4.70. The van der Waals surface area contributed by atoms with E-state index >= 15 is 0 Å². The van der Waals surface area contributed by atoms with Crippen molar-refractivity contribution < 1.29 is 0 Å². The highest BCUT2D eigenvalue weighted by Crippen LogP contribution is 2.28. The minimum absolute atomic E-state index is 0.661. The van der Waals surface area contributed by atoms with E-state index in [-0.39, 0.29) is 0 Å². The van der Waals surface area contributed by atoms with Crippen molar-refractivity contribution in [1.29, 1.82) is 0 Å². The monoisotopic (exact) mass is 353 g/mol. The number of thiol groups is 1. The molecular formula is C11H19N3S5. The van der Waals surface area contributed by atoms with Crippen LogP contribution in [0.15, 0.2) is 4.34 Å². The van der Waals surface area contributed by atoms with Crippen molar-refractivity contribution in [1.82, 2.24) is 13.9 Å². The third kappa shape index (κ3) is 6.66. The minimum atomic E-state index is 0.661. The quantitative estimate of drug-likeness (QED) is 0.299. The molecule has 1 rings (SSSR count). The summed E-state index contributed by atoms with van der Waals surface area (Å²) in [6.07, 6.45) is 4.80. The maximum absolute atomic E-state index is 5.51. The van der Waals surface area contributed by atoms with Crippen molar-refractivity contribution >= 4 is 65.1 Å². The number of thiocarbonyl (C=S) groups is 1. The van der Waals surface area contributed by atoms with E-state index in [0.717, 1.165) is 21.5 Å². The van der Waals surface area contributed by atoms with Gasteiger partial charge in [-0.05, 0) is 36.7 Å². The van der Waals surface area contributed by atoms with Gasteiger partial charge in [0.2, 0.25) is 0 Å².